The maximum Gasteiger partial charge on any atom is 0.150 e. The molecule has 0 aromatic carbocycles. The zero-order valence-corrected chi connectivity index (χ0v) is 10.6. The molecule has 92 valence electrons. The van der Waals surface area contributed by atoms with Crippen LogP contribution in [0.25, 0.3) is 0 Å². The van der Waals surface area contributed by atoms with Crippen molar-refractivity contribution in [2.75, 3.05) is 30.3 Å². The Kier molecular flexibility index (Phi) is 4.18. The van der Waals surface area contributed by atoms with E-state index in [0.29, 0.717) is 12.5 Å². The van der Waals surface area contributed by atoms with Crippen LogP contribution in [0.4, 0.5) is 11.5 Å². The molecule has 1 rings (SSSR count). The van der Waals surface area contributed by atoms with Gasteiger partial charge in [0, 0.05) is 20.1 Å². The smallest absolute Gasteiger partial charge is 0.150 e. The van der Waals surface area contributed by atoms with E-state index in [1.54, 1.807) is 4.68 Å². The molecule has 16 heavy (non-hydrogen) atoms. The monoisotopic (exact) mass is 226 g/mol. The van der Waals surface area contributed by atoms with E-state index in [-0.39, 0.29) is 6.61 Å². The van der Waals surface area contributed by atoms with Crippen LogP contribution >= 0.6 is 0 Å². The maximum atomic E-state index is 9.01. The van der Waals surface area contributed by atoms with Gasteiger partial charge in [-0.3, -0.25) is 4.68 Å². The van der Waals surface area contributed by atoms with Gasteiger partial charge in [0.25, 0.3) is 0 Å². The summed E-state index contributed by atoms with van der Waals surface area (Å²) in [5, 5.41) is 13.4. The van der Waals surface area contributed by atoms with Crippen molar-refractivity contribution in [3.63, 3.8) is 0 Å². The van der Waals surface area contributed by atoms with Gasteiger partial charge in [0.1, 0.15) is 5.82 Å². The maximum absolute atomic E-state index is 9.01. The highest BCUT2D eigenvalue weighted by Gasteiger charge is 2.19. The van der Waals surface area contributed by atoms with E-state index < -0.39 is 0 Å². The molecule has 0 spiro atoms. The fraction of sp³-hybridized carbons (Fsp3) is 0.727. The third-order valence-electron chi connectivity index (χ3n) is 2.68. The molecule has 5 heteroatoms. The van der Waals surface area contributed by atoms with Crippen molar-refractivity contribution >= 4 is 11.5 Å². The first-order chi connectivity index (χ1) is 7.52. The van der Waals surface area contributed by atoms with Crippen LogP contribution in [-0.2, 0) is 7.05 Å². The number of nitrogens with zero attached hydrogens (tertiary/aromatic N) is 3. The third kappa shape index (κ3) is 2.29. The number of rotatable bonds is 5. The molecule has 3 N–H and O–H groups in total. The van der Waals surface area contributed by atoms with E-state index in [0.717, 1.165) is 23.7 Å². The fourth-order valence-corrected chi connectivity index (χ4v) is 1.89. The van der Waals surface area contributed by atoms with Crippen molar-refractivity contribution in [2.45, 2.75) is 26.7 Å². The van der Waals surface area contributed by atoms with Gasteiger partial charge >= 0.3 is 0 Å². The Morgan fingerprint density at radius 3 is 2.50 bits per heavy atom. The van der Waals surface area contributed by atoms with E-state index in [1.807, 2.05) is 18.9 Å². The van der Waals surface area contributed by atoms with E-state index >= 15 is 0 Å². The number of nitrogen functional groups attached to an aromatic ring is 1. The second kappa shape index (κ2) is 5.21. The molecule has 0 aliphatic heterocycles. The van der Waals surface area contributed by atoms with E-state index in [1.165, 1.54) is 0 Å². The van der Waals surface area contributed by atoms with Crippen molar-refractivity contribution in [1.82, 2.24) is 9.78 Å². The molecular weight excluding hydrogens is 204 g/mol. The lowest BCUT2D eigenvalue weighted by molar-refractivity contribution is 0.301. The number of aromatic nitrogens is 2. The molecule has 0 bridgehead atoms. The van der Waals surface area contributed by atoms with Crippen LogP contribution in [0.15, 0.2) is 0 Å². The number of aryl methyl sites for hydroxylation is 1. The summed E-state index contributed by atoms with van der Waals surface area (Å²) in [6.45, 7) is 7.70. The number of hydrogen-bond acceptors (Lipinski definition) is 4. The predicted octanol–water partition coefficient (Wildman–Crippen LogP) is 0.944. The van der Waals surface area contributed by atoms with Crippen LogP contribution in [0.1, 0.15) is 32.4 Å². The van der Waals surface area contributed by atoms with Gasteiger partial charge in [-0.1, -0.05) is 13.8 Å². The second-order valence-electron chi connectivity index (χ2n) is 4.20. The van der Waals surface area contributed by atoms with Gasteiger partial charge in [-0.05, 0) is 12.8 Å². The quantitative estimate of drug-likeness (QED) is 0.784. The number of hydrogen-bond donors (Lipinski definition) is 2. The average molecular weight is 226 g/mol. The summed E-state index contributed by atoms with van der Waals surface area (Å²) in [5.41, 5.74) is 7.76. The Labute approximate surface area is 96.9 Å². The normalized spacial score (nSPS) is 11.1. The standard InChI is InChI=1S/C11H22N4O/c1-5-15(6-7-16)11-9(12)10(8(2)3)13-14(11)4/h8,16H,5-7,12H2,1-4H3. The van der Waals surface area contributed by atoms with E-state index in [4.69, 9.17) is 10.8 Å². The number of nitrogens with two attached hydrogens (primary N) is 1. The van der Waals surface area contributed by atoms with Crippen LogP contribution in [0, 0.1) is 0 Å². The minimum Gasteiger partial charge on any atom is -0.395 e. The molecule has 1 aromatic heterocycles. The Morgan fingerprint density at radius 2 is 2.12 bits per heavy atom. The lowest BCUT2D eigenvalue weighted by Gasteiger charge is -2.22. The van der Waals surface area contributed by atoms with Crippen molar-refractivity contribution in [1.29, 1.82) is 0 Å². The first-order valence-electron chi connectivity index (χ1n) is 5.71. The number of anilines is 2. The Hall–Kier alpha value is -1.23. The molecule has 0 amide bonds. The minimum atomic E-state index is 0.121. The number of aliphatic hydroxyl groups is 1. The van der Waals surface area contributed by atoms with Gasteiger partial charge in [-0.15, -0.1) is 0 Å². The van der Waals surface area contributed by atoms with E-state index in [2.05, 4.69) is 18.9 Å². The summed E-state index contributed by atoms with van der Waals surface area (Å²) in [5.74, 6) is 1.22. The molecule has 0 aliphatic carbocycles. The largest absolute Gasteiger partial charge is 0.395 e. The molecule has 5 nitrogen and oxygen atoms in total. The Bertz CT molecular complexity index is 346. The van der Waals surface area contributed by atoms with Gasteiger partial charge < -0.3 is 15.7 Å². The summed E-state index contributed by atoms with van der Waals surface area (Å²) >= 11 is 0. The van der Waals surface area contributed by atoms with Crippen LogP contribution in [0.5, 0.6) is 0 Å². The Balaban J connectivity index is 3.11. The second-order valence-corrected chi connectivity index (χ2v) is 4.20. The van der Waals surface area contributed by atoms with Crippen molar-refractivity contribution in [2.24, 2.45) is 7.05 Å². The third-order valence-corrected chi connectivity index (χ3v) is 2.68. The Morgan fingerprint density at radius 1 is 1.50 bits per heavy atom. The van der Waals surface area contributed by atoms with Crippen molar-refractivity contribution in [3.8, 4) is 0 Å². The molecule has 1 heterocycles. The average Bonchev–Trinajstić information content (AvgIpc) is 2.52. The van der Waals surface area contributed by atoms with Crippen molar-refractivity contribution in [3.05, 3.63) is 5.69 Å². The summed E-state index contributed by atoms with van der Waals surface area (Å²) in [6, 6.07) is 0. The summed E-state index contributed by atoms with van der Waals surface area (Å²) in [7, 11) is 1.89. The molecule has 0 fully saturated rings. The molecule has 0 aliphatic rings. The zero-order valence-electron chi connectivity index (χ0n) is 10.6. The molecule has 0 unspecified atom stereocenters. The summed E-state index contributed by atoms with van der Waals surface area (Å²) in [4.78, 5) is 2.04. The summed E-state index contributed by atoms with van der Waals surface area (Å²) in [6.07, 6.45) is 0. The van der Waals surface area contributed by atoms with Crippen molar-refractivity contribution < 1.29 is 5.11 Å². The minimum absolute atomic E-state index is 0.121. The van der Waals surface area contributed by atoms with Gasteiger partial charge in [-0.25, -0.2) is 0 Å². The summed E-state index contributed by atoms with van der Waals surface area (Å²) < 4.78 is 1.80. The lowest BCUT2D eigenvalue weighted by atomic mass is 10.1. The van der Waals surface area contributed by atoms with Crippen LogP contribution < -0.4 is 10.6 Å². The molecule has 0 saturated heterocycles. The molecule has 0 atom stereocenters. The highest BCUT2D eigenvalue weighted by molar-refractivity contribution is 5.67. The zero-order chi connectivity index (χ0) is 12.3. The number of aliphatic hydroxyl groups excluding tert-OH is 1. The van der Waals surface area contributed by atoms with Crippen LogP contribution in [0.3, 0.4) is 0 Å². The van der Waals surface area contributed by atoms with Gasteiger partial charge in [0.15, 0.2) is 0 Å². The van der Waals surface area contributed by atoms with E-state index in [9.17, 15) is 0 Å². The topological polar surface area (TPSA) is 67.3 Å². The SMILES string of the molecule is CCN(CCO)c1c(N)c(C(C)C)nn1C. The molecule has 0 radical (unpaired) electrons. The highest BCUT2D eigenvalue weighted by Crippen LogP contribution is 2.30. The van der Waals surface area contributed by atoms with Gasteiger partial charge in [0.2, 0.25) is 0 Å². The molecule has 0 saturated carbocycles. The lowest BCUT2D eigenvalue weighted by Crippen LogP contribution is -2.28. The first kappa shape index (κ1) is 12.8. The fourth-order valence-electron chi connectivity index (χ4n) is 1.89. The highest BCUT2D eigenvalue weighted by atomic mass is 16.3. The predicted molar refractivity (Wildman–Crippen MR) is 66.7 cm³/mol. The molecule has 1 aromatic rings. The van der Waals surface area contributed by atoms with Gasteiger partial charge in [0.05, 0.1) is 18.0 Å². The van der Waals surface area contributed by atoms with Crippen LogP contribution in [0.2, 0.25) is 0 Å². The number of likely N-dealkylation sites (N-methyl/N-ethyl adjacent to an activating group) is 1. The van der Waals surface area contributed by atoms with Crippen LogP contribution in [-0.4, -0.2) is 34.6 Å². The molecular formula is C11H22N4O. The first-order valence-corrected chi connectivity index (χ1v) is 5.71. The van der Waals surface area contributed by atoms with Gasteiger partial charge in [-0.2, -0.15) is 5.10 Å².